The largest absolute Gasteiger partial charge is 0.298 e. The number of hydrogen-bond donors (Lipinski definition) is 0. The van der Waals surface area contributed by atoms with Crippen molar-refractivity contribution in [1.29, 1.82) is 0 Å². The number of piperidine rings is 2. The van der Waals surface area contributed by atoms with Gasteiger partial charge < -0.3 is 0 Å². The van der Waals surface area contributed by atoms with Gasteiger partial charge in [-0.05, 0) is 47.1 Å². The van der Waals surface area contributed by atoms with Crippen molar-refractivity contribution in [3.8, 4) is 0 Å². The van der Waals surface area contributed by atoms with Crippen LogP contribution in [-0.2, 0) is 16.6 Å². The number of rotatable bonds is 4. The average Bonchev–Trinajstić information content (AvgIpc) is 2.63. The minimum atomic E-state index is -3.60. The van der Waals surface area contributed by atoms with Gasteiger partial charge in [0.25, 0.3) is 0 Å². The lowest BCUT2D eigenvalue weighted by Gasteiger charge is -2.55. The van der Waals surface area contributed by atoms with Gasteiger partial charge in [0.05, 0.1) is 4.90 Å². The third-order valence-corrected chi connectivity index (χ3v) is 8.46. The van der Waals surface area contributed by atoms with E-state index in [2.05, 4.69) is 43.0 Å². The predicted molar refractivity (Wildman–Crippen MR) is 108 cm³/mol. The smallest absolute Gasteiger partial charge is 0.243 e. The van der Waals surface area contributed by atoms with E-state index in [1.807, 2.05) is 6.07 Å². The summed E-state index contributed by atoms with van der Waals surface area (Å²) in [5, 5.41) is 0. The fourth-order valence-electron chi connectivity index (χ4n) is 4.58. The van der Waals surface area contributed by atoms with Gasteiger partial charge in [0.1, 0.15) is 5.82 Å². The van der Waals surface area contributed by atoms with Gasteiger partial charge in [-0.2, -0.15) is 4.31 Å². The number of sulfonamides is 1. The molecule has 2 aromatic rings. The second-order valence-corrected chi connectivity index (χ2v) is 10.6. The topological polar surface area (TPSA) is 40.6 Å². The Hall–Kier alpha value is -1.76. The molecule has 28 heavy (non-hydrogen) atoms. The van der Waals surface area contributed by atoms with Crippen molar-refractivity contribution in [2.24, 2.45) is 17.3 Å². The van der Waals surface area contributed by atoms with Gasteiger partial charge in [-0.15, -0.1) is 0 Å². The zero-order valence-electron chi connectivity index (χ0n) is 16.4. The van der Waals surface area contributed by atoms with Gasteiger partial charge in [0.15, 0.2) is 0 Å². The van der Waals surface area contributed by atoms with Gasteiger partial charge in [-0.1, -0.05) is 44.2 Å². The first-order valence-electron chi connectivity index (χ1n) is 9.79. The summed E-state index contributed by atoms with van der Waals surface area (Å²) >= 11 is 0. The van der Waals surface area contributed by atoms with Crippen LogP contribution in [0.4, 0.5) is 4.39 Å². The number of benzene rings is 2. The molecule has 4 nitrogen and oxygen atoms in total. The lowest BCUT2D eigenvalue weighted by molar-refractivity contribution is -0.0519. The molecule has 0 saturated carbocycles. The minimum absolute atomic E-state index is 0.0992. The summed E-state index contributed by atoms with van der Waals surface area (Å²) < 4.78 is 41.0. The van der Waals surface area contributed by atoms with Gasteiger partial charge in [0, 0.05) is 32.7 Å². The Morgan fingerprint density at radius 1 is 0.929 bits per heavy atom. The lowest BCUT2D eigenvalue weighted by atomic mass is 9.64. The van der Waals surface area contributed by atoms with E-state index < -0.39 is 15.8 Å². The average molecular weight is 403 g/mol. The summed E-state index contributed by atoms with van der Waals surface area (Å²) in [6.07, 6.45) is 0. The van der Waals surface area contributed by atoms with Crippen LogP contribution in [0.1, 0.15) is 19.4 Å². The first-order valence-corrected chi connectivity index (χ1v) is 11.2. The number of likely N-dealkylation sites (tertiary alicyclic amines) is 1. The number of nitrogens with zero attached hydrogens (tertiary/aromatic N) is 2. The Kier molecular flexibility index (Phi) is 5.06. The van der Waals surface area contributed by atoms with Crippen LogP contribution in [-0.4, -0.2) is 43.8 Å². The minimum Gasteiger partial charge on any atom is -0.298 e. The quantitative estimate of drug-likeness (QED) is 0.785. The number of fused-ring (bicyclic) bond motifs is 2. The van der Waals surface area contributed by atoms with E-state index in [1.165, 1.54) is 29.8 Å². The van der Waals surface area contributed by atoms with E-state index >= 15 is 0 Å². The third kappa shape index (κ3) is 3.61. The molecule has 4 rings (SSSR count). The first-order chi connectivity index (χ1) is 13.3. The third-order valence-electron chi connectivity index (χ3n) is 6.61. The maximum absolute atomic E-state index is 13.2. The van der Waals surface area contributed by atoms with Gasteiger partial charge in [0.2, 0.25) is 10.0 Å². The SMILES string of the molecule is CC1(C)C2CN(Cc3ccccc3)CC1CN(S(=O)(=O)c1ccc(F)cc1)C2. The molecule has 150 valence electrons. The fourth-order valence-corrected chi connectivity index (χ4v) is 6.11. The highest BCUT2D eigenvalue weighted by Gasteiger charge is 2.49. The molecule has 2 unspecified atom stereocenters. The highest BCUT2D eigenvalue weighted by molar-refractivity contribution is 7.89. The molecule has 0 radical (unpaired) electrons. The van der Waals surface area contributed by atoms with Crippen molar-refractivity contribution in [1.82, 2.24) is 9.21 Å². The van der Waals surface area contributed by atoms with Crippen LogP contribution < -0.4 is 0 Å². The zero-order chi connectivity index (χ0) is 19.9. The molecular formula is C22H27FN2O2S. The standard InChI is InChI=1S/C22H27FN2O2S/c1-22(2)18-13-24(12-17-6-4-3-5-7-17)14-19(22)16-25(15-18)28(26,27)21-10-8-20(23)9-11-21/h3-11,18-19H,12-16H2,1-2H3. The molecule has 0 aromatic heterocycles. The molecule has 0 amide bonds. The molecule has 2 heterocycles. The molecule has 2 bridgehead atoms. The molecule has 2 aliphatic heterocycles. The van der Waals surface area contributed by atoms with E-state index in [0.29, 0.717) is 13.1 Å². The number of halogens is 1. The monoisotopic (exact) mass is 402 g/mol. The summed E-state index contributed by atoms with van der Waals surface area (Å²) in [7, 11) is -3.60. The Balaban J connectivity index is 1.54. The molecule has 0 spiro atoms. The van der Waals surface area contributed by atoms with E-state index in [9.17, 15) is 12.8 Å². The maximum atomic E-state index is 13.2. The van der Waals surface area contributed by atoms with Crippen LogP contribution in [0.2, 0.25) is 0 Å². The molecule has 2 aromatic carbocycles. The Labute approximate surface area is 167 Å². The van der Waals surface area contributed by atoms with Crippen LogP contribution in [0.25, 0.3) is 0 Å². The normalized spacial score (nSPS) is 25.5. The van der Waals surface area contributed by atoms with Crippen molar-refractivity contribution < 1.29 is 12.8 Å². The fraction of sp³-hybridized carbons (Fsp3) is 0.455. The van der Waals surface area contributed by atoms with Crippen LogP contribution in [0.3, 0.4) is 0 Å². The van der Waals surface area contributed by atoms with Crippen molar-refractivity contribution in [3.63, 3.8) is 0 Å². The molecule has 2 atom stereocenters. The van der Waals surface area contributed by atoms with Crippen LogP contribution in [0.5, 0.6) is 0 Å². The molecule has 2 fully saturated rings. The van der Waals surface area contributed by atoms with Gasteiger partial charge >= 0.3 is 0 Å². The predicted octanol–water partition coefficient (Wildman–Crippen LogP) is 3.60. The maximum Gasteiger partial charge on any atom is 0.243 e. The summed E-state index contributed by atoms with van der Waals surface area (Å²) in [5.74, 6) is 0.102. The Morgan fingerprint density at radius 3 is 2.07 bits per heavy atom. The molecule has 0 aliphatic carbocycles. The van der Waals surface area contributed by atoms with Crippen molar-refractivity contribution in [3.05, 3.63) is 66.0 Å². The second-order valence-electron chi connectivity index (χ2n) is 8.67. The number of hydrogen-bond acceptors (Lipinski definition) is 3. The van der Waals surface area contributed by atoms with E-state index in [0.717, 1.165) is 19.6 Å². The second kappa shape index (κ2) is 7.25. The van der Waals surface area contributed by atoms with Crippen molar-refractivity contribution >= 4 is 10.0 Å². The summed E-state index contributed by atoms with van der Waals surface area (Å²) in [6, 6.07) is 15.6. The Bertz CT molecular complexity index is 911. The van der Waals surface area contributed by atoms with Crippen LogP contribution in [0.15, 0.2) is 59.5 Å². The van der Waals surface area contributed by atoms with Crippen LogP contribution in [0, 0.1) is 23.1 Å². The Morgan fingerprint density at radius 2 is 1.50 bits per heavy atom. The van der Waals surface area contributed by atoms with E-state index in [4.69, 9.17) is 0 Å². The molecule has 0 N–H and O–H groups in total. The summed E-state index contributed by atoms with van der Waals surface area (Å²) in [5.41, 5.74) is 1.39. The zero-order valence-corrected chi connectivity index (χ0v) is 17.2. The molecule has 2 aliphatic rings. The molecule has 6 heteroatoms. The lowest BCUT2D eigenvalue weighted by Crippen LogP contribution is -2.61. The van der Waals surface area contributed by atoms with E-state index in [-0.39, 0.29) is 22.1 Å². The van der Waals surface area contributed by atoms with Gasteiger partial charge in [-0.25, -0.2) is 12.8 Å². The first kappa shape index (κ1) is 19.6. The summed E-state index contributed by atoms with van der Waals surface area (Å²) in [4.78, 5) is 2.63. The van der Waals surface area contributed by atoms with Crippen LogP contribution >= 0.6 is 0 Å². The highest BCUT2D eigenvalue weighted by Crippen LogP contribution is 2.45. The van der Waals surface area contributed by atoms with Crippen molar-refractivity contribution in [2.45, 2.75) is 25.3 Å². The summed E-state index contributed by atoms with van der Waals surface area (Å²) in [6.45, 7) is 8.22. The van der Waals surface area contributed by atoms with Gasteiger partial charge in [-0.3, -0.25) is 4.90 Å². The molecule has 2 saturated heterocycles. The van der Waals surface area contributed by atoms with E-state index in [1.54, 1.807) is 4.31 Å². The molecular weight excluding hydrogens is 375 g/mol. The van der Waals surface area contributed by atoms with Crippen molar-refractivity contribution in [2.75, 3.05) is 26.2 Å². The highest BCUT2D eigenvalue weighted by atomic mass is 32.2.